The lowest BCUT2D eigenvalue weighted by molar-refractivity contribution is 0.0685. The molecule has 0 radical (unpaired) electrons. The molecule has 0 amide bonds. The summed E-state index contributed by atoms with van der Waals surface area (Å²) in [6.45, 7) is 2.28. The average Bonchev–Trinajstić information content (AvgIpc) is 3.06. The zero-order chi connectivity index (χ0) is 15.6. The number of carbonyl (C=O) groups is 1. The molecule has 2 N–H and O–H groups in total. The number of hydrogen-bond donors (Lipinski definition) is 2. The van der Waals surface area contributed by atoms with Crippen molar-refractivity contribution in [2.45, 2.75) is 24.9 Å². The Morgan fingerprint density at radius 1 is 1.52 bits per heavy atom. The summed E-state index contributed by atoms with van der Waals surface area (Å²) in [6, 6.07) is 1.17. The highest BCUT2D eigenvalue weighted by Gasteiger charge is 2.25. The van der Waals surface area contributed by atoms with Crippen molar-refractivity contribution in [2.24, 2.45) is 0 Å². The van der Waals surface area contributed by atoms with E-state index in [0.29, 0.717) is 6.54 Å². The Hall–Kier alpha value is -2.13. The second kappa shape index (κ2) is 5.70. The number of nitrogens with zero attached hydrogens (tertiary/aromatic N) is 3. The van der Waals surface area contributed by atoms with E-state index in [1.807, 2.05) is 0 Å². The summed E-state index contributed by atoms with van der Waals surface area (Å²) in [5.74, 6) is -1.16. The molecule has 0 aliphatic heterocycles. The minimum absolute atomic E-state index is 0.0345. The van der Waals surface area contributed by atoms with Crippen LogP contribution in [0.2, 0.25) is 0 Å². The molecule has 0 saturated heterocycles. The molecule has 21 heavy (non-hydrogen) atoms. The van der Waals surface area contributed by atoms with Gasteiger partial charge in [-0.1, -0.05) is 0 Å². The van der Waals surface area contributed by atoms with Gasteiger partial charge in [0.15, 0.2) is 0 Å². The van der Waals surface area contributed by atoms with Gasteiger partial charge in [0.25, 0.3) is 0 Å². The minimum atomic E-state index is -3.75. The maximum atomic E-state index is 12.5. The highest BCUT2D eigenvalue weighted by Crippen LogP contribution is 2.19. The van der Waals surface area contributed by atoms with Crippen molar-refractivity contribution in [1.82, 2.24) is 19.1 Å². The van der Waals surface area contributed by atoms with Crippen molar-refractivity contribution in [3.05, 3.63) is 35.9 Å². The predicted octanol–water partition coefficient (Wildman–Crippen LogP) is 0.750. The fourth-order valence-corrected chi connectivity index (χ4v) is 3.15. The van der Waals surface area contributed by atoms with Crippen LogP contribution in [0.3, 0.4) is 0 Å². The summed E-state index contributed by atoms with van der Waals surface area (Å²) >= 11 is 0. The number of nitrogens with one attached hydrogen (secondary N) is 1. The quantitative estimate of drug-likeness (QED) is 0.818. The second-order valence-electron chi connectivity index (χ2n) is 4.52. The van der Waals surface area contributed by atoms with Gasteiger partial charge in [-0.3, -0.25) is 5.10 Å². The molecule has 0 aromatic carbocycles. The molecule has 0 spiro atoms. The van der Waals surface area contributed by atoms with Gasteiger partial charge in [0.1, 0.15) is 10.6 Å². The lowest BCUT2D eigenvalue weighted by Gasteiger charge is -2.15. The number of rotatable bonds is 6. The minimum Gasteiger partial charge on any atom is -0.477 e. The molecule has 0 fully saturated rings. The molecule has 9 heteroatoms. The van der Waals surface area contributed by atoms with Crippen LogP contribution in [-0.4, -0.2) is 45.6 Å². The number of H-pyrrole nitrogens is 1. The Bertz CT molecular complexity index is 733. The van der Waals surface area contributed by atoms with Crippen molar-refractivity contribution in [2.75, 3.05) is 7.05 Å². The molecule has 0 aliphatic carbocycles. The number of aryl methyl sites for hydroxylation is 1. The Labute approximate surface area is 122 Å². The van der Waals surface area contributed by atoms with Crippen LogP contribution in [0.15, 0.2) is 29.6 Å². The third-order valence-electron chi connectivity index (χ3n) is 3.10. The first-order valence-electron chi connectivity index (χ1n) is 6.23. The first kappa shape index (κ1) is 15.3. The van der Waals surface area contributed by atoms with Crippen LogP contribution < -0.4 is 0 Å². The van der Waals surface area contributed by atoms with E-state index in [9.17, 15) is 13.2 Å². The molecule has 0 aliphatic rings. The predicted molar refractivity (Wildman–Crippen MR) is 74.3 cm³/mol. The van der Waals surface area contributed by atoms with E-state index < -0.39 is 16.0 Å². The molecular weight excluding hydrogens is 296 g/mol. The van der Waals surface area contributed by atoms with Crippen molar-refractivity contribution < 1.29 is 18.3 Å². The maximum absolute atomic E-state index is 12.5. The number of carboxylic acids is 1. The van der Waals surface area contributed by atoms with Gasteiger partial charge < -0.3 is 9.67 Å². The van der Waals surface area contributed by atoms with Gasteiger partial charge in [-0.25, -0.2) is 13.2 Å². The van der Waals surface area contributed by atoms with E-state index in [0.717, 1.165) is 9.87 Å². The topological polar surface area (TPSA) is 108 Å². The van der Waals surface area contributed by atoms with E-state index in [2.05, 4.69) is 10.2 Å². The molecule has 0 bridgehead atoms. The summed E-state index contributed by atoms with van der Waals surface area (Å²) in [7, 11) is -2.32. The Morgan fingerprint density at radius 2 is 2.24 bits per heavy atom. The van der Waals surface area contributed by atoms with E-state index in [1.165, 1.54) is 30.1 Å². The molecule has 2 heterocycles. The lowest BCUT2D eigenvalue weighted by atomic mass is 10.4. The molecule has 0 atom stereocenters. The number of carboxylic acid groups (broad SMARTS) is 1. The summed E-state index contributed by atoms with van der Waals surface area (Å²) in [5.41, 5.74) is 0.669. The van der Waals surface area contributed by atoms with Gasteiger partial charge in [-0.05, 0) is 13.0 Å². The zero-order valence-electron chi connectivity index (χ0n) is 11.6. The normalized spacial score (nSPS) is 12.0. The molecule has 2 aromatic rings. The fraction of sp³-hybridized carbons (Fsp3) is 0.333. The summed E-state index contributed by atoms with van der Waals surface area (Å²) in [5, 5.41) is 15.4. The van der Waals surface area contributed by atoms with Gasteiger partial charge in [-0.15, -0.1) is 0 Å². The van der Waals surface area contributed by atoms with E-state index in [1.54, 1.807) is 13.1 Å². The molecule has 0 saturated carbocycles. The first-order valence-corrected chi connectivity index (χ1v) is 7.67. The number of aromatic amines is 1. The van der Waals surface area contributed by atoms with E-state index in [4.69, 9.17) is 5.11 Å². The van der Waals surface area contributed by atoms with Gasteiger partial charge in [0, 0.05) is 38.1 Å². The Balaban J connectivity index is 2.33. The standard InChI is InChI=1S/C12H16N4O4S/c1-3-16-8-10(4-11(16)12(17)18)21(19,20)15(2)7-9-5-13-14-6-9/h4-6,8H,3,7H2,1-2H3,(H,13,14)(H,17,18). The van der Waals surface area contributed by atoms with Crippen LogP contribution in [0, 0.1) is 0 Å². The number of sulfonamides is 1. The van der Waals surface area contributed by atoms with Crippen molar-refractivity contribution in [3.63, 3.8) is 0 Å². The first-order chi connectivity index (χ1) is 9.86. The Kier molecular flexibility index (Phi) is 4.14. The van der Waals surface area contributed by atoms with Crippen LogP contribution in [0.5, 0.6) is 0 Å². The lowest BCUT2D eigenvalue weighted by Crippen LogP contribution is -2.26. The third kappa shape index (κ3) is 2.98. The van der Waals surface area contributed by atoms with Gasteiger partial charge in [0.2, 0.25) is 10.0 Å². The smallest absolute Gasteiger partial charge is 0.352 e. The number of aromatic carboxylic acids is 1. The second-order valence-corrected chi connectivity index (χ2v) is 6.56. The average molecular weight is 312 g/mol. The third-order valence-corrected chi connectivity index (χ3v) is 4.87. The van der Waals surface area contributed by atoms with Crippen LogP contribution in [0.25, 0.3) is 0 Å². The van der Waals surface area contributed by atoms with E-state index >= 15 is 0 Å². The van der Waals surface area contributed by atoms with Crippen LogP contribution in [-0.2, 0) is 23.1 Å². The van der Waals surface area contributed by atoms with Gasteiger partial charge >= 0.3 is 5.97 Å². The summed E-state index contributed by atoms with van der Waals surface area (Å²) in [4.78, 5) is 11.1. The van der Waals surface area contributed by atoms with E-state index in [-0.39, 0.29) is 17.1 Å². The Morgan fingerprint density at radius 3 is 2.71 bits per heavy atom. The molecular formula is C12H16N4O4S. The SMILES string of the molecule is CCn1cc(S(=O)(=O)N(C)Cc2cn[nH]c2)cc1C(=O)O. The van der Waals surface area contributed by atoms with Crippen molar-refractivity contribution in [3.8, 4) is 0 Å². The molecule has 2 aromatic heterocycles. The van der Waals surface area contributed by atoms with Crippen molar-refractivity contribution in [1.29, 1.82) is 0 Å². The molecule has 2 rings (SSSR count). The summed E-state index contributed by atoms with van der Waals surface area (Å²) in [6.07, 6.45) is 4.47. The monoisotopic (exact) mass is 312 g/mol. The maximum Gasteiger partial charge on any atom is 0.352 e. The number of hydrogen-bond acceptors (Lipinski definition) is 4. The zero-order valence-corrected chi connectivity index (χ0v) is 12.5. The van der Waals surface area contributed by atoms with Gasteiger partial charge in [-0.2, -0.15) is 9.40 Å². The van der Waals surface area contributed by atoms with Crippen LogP contribution >= 0.6 is 0 Å². The number of aromatic nitrogens is 3. The fourth-order valence-electron chi connectivity index (χ4n) is 1.95. The van der Waals surface area contributed by atoms with Crippen LogP contribution in [0.1, 0.15) is 23.0 Å². The van der Waals surface area contributed by atoms with Crippen LogP contribution in [0.4, 0.5) is 0 Å². The molecule has 114 valence electrons. The molecule has 0 unspecified atom stereocenters. The highest BCUT2D eigenvalue weighted by molar-refractivity contribution is 7.89. The van der Waals surface area contributed by atoms with Gasteiger partial charge in [0.05, 0.1) is 6.20 Å². The van der Waals surface area contributed by atoms with Crippen molar-refractivity contribution >= 4 is 16.0 Å². The summed E-state index contributed by atoms with van der Waals surface area (Å²) < 4.78 is 27.4. The molecule has 8 nitrogen and oxygen atoms in total. The largest absolute Gasteiger partial charge is 0.477 e. The highest BCUT2D eigenvalue weighted by atomic mass is 32.2.